The molecule has 8 rings (SSSR count). The van der Waals surface area contributed by atoms with Crippen LogP contribution in [-0.4, -0.2) is 114 Å². The molecule has 0 atom stereocenters. The van der Waals surface area contributed by atoms with Crippen molar-refractivity contribution in [3.8, 4) is 22.9 Å². The lowest BCUT2D eigenvalue weighted by Crippen LogP contribution is -2.62. The fourth-order valence-corrected chi connectivity index (χ4v) is 8.66. The van der Waals surface area contributed by atoms with Crippen LogP contribution in [0.2, 0.25) is 0 Å². The van der Waals surface area contributed by atoms with Crippen LogP contribution in [0.4, 0.5) is 23.4 Å². The first-order chi connectivity index (χ1) is 26.4. The smallest absolute Gasteiger partial charge is 0.422 e. The number of benzene rings is 2. The van der Waals surface area contributed by atoms with Crippen LogP contribution in [0.25, 0.3) is 32.9 Å². The molecular weight excluding hydrogens is 718 g/mol. The summed E-state index contributed by atoms with van der Waals surface area (Å²) < 4.78 is 73.5. The van der Waals surface area contributed by atoms with Gasteiger partial charge in [0.1, 0.15) is 17.4 Å². The molecule has 1 spiro atoms. The third-order valence-corrected chi connectivity index (χ3v) is 11.7. The number of ether oxygens (including phenoxy) is 3. The first kappa shape index (κ1) is 37.4. The maximum Gasteiger partial charge on any atom is 0.422 e. The number of carbonyl (C=O) groups is 1. The molecule has 4 aromatic rings. The highest BCUT2D eigenvalue weighted by atomic mass is 19.4. The monoisotopic (exact) mass is 765 g/mol. The molecule has 15 heteroatoms. The number of piperidine rings is 2. The Labute approximate surface area is 317 Å². The fraction of sp³-hybridized carbons (Fsp3) is 0.550. The number of halogens is 4. The van der Waals surface area contributed by atoms with Gasteiger partial charge in [0.25, 0.3) is 5.91 Å². The Morgan fingerprint density at radius 2 is 1.78 bits per heavy atom. The molecule has 0 unspecified atom stereocenters. The van der Waals surface area contributed by atoms with E-state index in [2.05, 4.69) is 32.6 Å². The number of nitrogens with zero attached hydrogens (tertiary/aromatic N) is 6. The predicted molar refractivity (Wildman–Crippen MR) is 200 cm³/mol. The highest BCUT2D eigenvalue weighted by molar-refractivity contribution is 6.06. The van der Waals surface area contributed by atoms with Gasteiger partial charge in [0.05, 0.1) is 11.7 Å². The van der Waals surface area contributed by atoms with Gasteiger partial charge in [0.15, 0.2) is 18.2 Å². The number of aromatic amines is 1. The molecular formula is C40H47F4N7O4. The predicted octanol–water partition coefficient (Wildman–Crippen LogP) is 7.09. The lowest BCUT2D eigenvalue weighted by atomic mass is 9.72. The molecule has 11 nitrogen and oxygen atoms in total. The molecule has 4 fully saturated rings. The Kier molecular flexibility index (Phi) is 10.1. The molecule has 1 amide bonds. The number of anilines is 1. The quantitative estimate of drug-likeness (QED) is 0.0919. The molecule has 3 aliphatic heterocycles. The van der Waals surface area contributed by atoms with Gasteiger partial charge in [-0.15, -0.1) is 0 Å². The molecule has 1 N–H and O–H groups in total. The molecule has 0 bridgehead atoms. The number of rotatable bonds is 12. The average Bonchev–Trinajstić information content (AvgIpc) is 3.89. The van der Waals surface area contributed by atoms with E-state index in [0.29, 0.717) is 49.6 Å². The van der Waals surface area contributed by atoms with E-state index in [1.54, 1.807) is 13.3 Å². The first-order valence-electron chi connectivity index (χ1n) is 19.2. The summed E-state index contributed by atoms with van der Waals surface area (Å²) in [6.07, 6.45) is 2.61. The zero-order valence-corrected chi connectivity index (χ0v) is 31.3. The molecule has 1 aliphatic carbocycles. The van der Waals surface area contributed by atoms with E-state index in [4.69, 9.17) is 24.2 Å². The second-order valence-corrected chi connectivity index (χ2v) is 15.7. The minimum Gasteiger partial charge on any atom is -0.481 e. The number of likely N-dealkylation sites (tertiary alicyclic amines) is 2. The van der Waals surface area contributed by atoms with E-state index in [1.165, 1.54) is 4.90 Å². The number of hydrogen-bond donors (Lipinski definition) is 1. The Hall–Kier alpha value is -4.50. The number of hydrogen-bond acceptors (Lipinski definition) is 9. The zero-order valence-electron chi connectivity index (χ0n) is 31.3. The molecule has 2 aromatic carbocycles. The standard InChI is InChI=1S/C40H47F4N7O4/c1-24-5-8-31-30(20-45-48-31)32(24)33-28(26-6-7-26)19-29-34(35(33)54-23-40(42,43)44)46-38(55-27-9-14-49(15-10-27)13-4-18-53-3)47-36(29)50-16-11-39(12-17-50)21-51(22-39)37(52)25(2)41/h5,8,19-20,26-27H,2,4,6-7,9-18,21-23H2,1,3H3,(H,45,48). The lowest BCUT2D eigenvalue weighted by Gasteiger charge is -2.54. The molecule has 3 saturated heterocycles. The minimum absolute atomic E-state index is 0.0584. The summed E-state index contributed by atoms with van der Waals surface area (Å²) >= 11 is 0. The number of nitrogens with one attached hydrogen (secondary N) is 1. The fourth-order valence-electron chi connectivity index (χ4n) is 8.66. The van der Waals surface area contributed by atoms with Gasteiger partial charge in [-0.1, -0.05) is 12.6 Å². The van der Waals surface area contributed by atoms with Crippen molar-refractivity contribution < 1.29 is 36.6 Å². The summed E-state index contributed by atoms with van der Waals surface area (Å²) in [5.74, 6) is -0.866. The molecule has 294 valence electrons. The number of aromatic nitrogens is 4. The number of carbonyl (C=O) groups excluding carboxylic acids is 1. The SMILES string of the molecule is C=C(F)C(=O)N1CC2(CCN(c3nc(OC4CCN(CCCOC)CC4)nc4c(OCC(F)(F)F)c(-c5c(C)ccc6[nH]ncc56)c(C5CC5)cc34)CC2)C1. The van der Waals surface area contributed by atoms with Crippen LogP contribution in [0, 0.1) is 12.3 Å². The van der Waals surface area contributed by atoms with Crippen molar-refractivity contribution in [1.82, 2.24) is 30.0 Å². The number of fused-ring (bicyclic) bond motifs is 2. The summed E-state index contributed by atoms with van der Waals surface area (Å²) in [5.41, 5.74) is 4.01. The van der Waals surface area contributed by atoms with Crippen LogP contribution in [0.1, 0.15) is 62.0 Å². The average molecular weight is 766 g/mol. The topological polar surface area (TPSA) is 109 Å². The number of aryl methyl sites for hydroxylation is 1. The van der Waals surface area contributed by atoms with Crippen molar-refractivity contribution in [1.29, 1.82) is 0 Å². The normalized spacial score (nSPS) is 19.3. The third-order valence-electron chi connectivity index (χ3n) is 11.7. The van der Waals surface area contributed by atoms with Crippen molar-refractivity contribution in [3.63, 3.8) is 0 Å². The van der Waals surface area contributed by atoms with Crippen LogP contribution in [0.3, 0.4) is 0 Å². The van der Waals surface area contributed by atoms with E-state index in [9.17, 15) is 22.4 Å². The molecule has 55 heavy (non-hydrogen) atoms. The maximum atomic E-state index is 14.1. The van der Waals surface area contributed by atoms with Crippen molar-refractivity contribution in [2.24, 2.45) is 5.41 Å². The van der Waals surface area contributed by atoms with E-state index in [-0.39, 0.29) is 34.7 Å². The van der Waals surface area contributed by atoms with Crippen LogP contribution >= 0.6 is 0 Å². The van der Waals surface area contributed by atoms with Gasteiger partial charge in [-0.2, -0.15) is 28.2 Å². The summed E-state index contributed by atoms with van der Waals surface area (Å²) in [6, 6.07) is 6.01. The van der Waals surface area contributed by atoms with Crippen LogP contribution in [0.5, 0.6) is 11.8 Å². The third kappa shape index (κ3) is 7.69. The minimum atomic E-state index is -4.60. The van der Waals surface area contributed by atoms with Crippen molar-refractivity contribution in [3.05, 3.63) is 47.9 Å². The van der Waals surface area contributed by atoms with Gasteiger partial charge >= 0.3 is 12.2 Å². The summed E-state index contributed by atoms with van der Waals surface area (Å²) in [7, 11) is 1.70. The van der Waals surface area contributed by atoms with E-state index in [1.807, 2.05) is 19.1 Å². The summed E-state index contributed by atoms with van der Waals surface area (Å²) in [5, 5.41) is 8.67. The highest BCUT2D eigenvalue weighted by Crippen LogP contribution is 2.53. The summed E-state index contributed by atoms with van der Waals surface area (Å²) in [4.78, 5) is 28.2. The van der Waals surface area contributed by atoms with Gasteiger partial charge in [-0.05, 0) is 86.6 Å². The molecule has 0 radical (unpaired) electrons. The zero-order chi connectivity index (χ0) is 38.5. The number of amides is 1. The summed E-state index contributed by atoms with van der Waals surface area (Å²) in [6.45, 7) is 8.98. The van der Waals surface area contributed by atoms with E-state index >= 15 is 0 Å². The van der Waals surface area contributed by atoms with Crippen LogP contribution in [0.15, 0.2) is 36.8 Å². The van der Waals surface area contributed by atoms with Gasteiger partial charge < -0.3 is 28.9 Å². The van der Waals surface area contributed by atoms with Crippen molar-refractivity contribution in [2.75, 3.05) is 71.0 Å². The highest BCUT2D eigenvalue weighted by Gasteiger charge is 2.47. The first-order valence-corrected chi connectivity index (χ1v) is 19.2. The lowest BCUT2D eigenvalue weighted by molar-refractivity contribution is -0.153. The van der Waals surface area contributed by atoms with Crippen LogP contribution < -0.4 is 14.4 Å². The Morgan fingerprint density at radius 3 is 2.45 bits per heavy atom. The largest absolute Gasteiger partial charge is 0.481 e. The Bertz CT molecular complexity index is 2080. The molecule has 5 heterocycles. The molecule has 2 aromatic heterocycles. The molecule has 4 aliphatic rings. The van der Waals surface area contributed by atoms with Crippen LogP contribution in [-0.2, 0) is 9.53 Å². The van der Waals surface area contributed by atoms with Gasteiger partial charge in [0, 0.05) is 81.3 Å². The number of methoxy groups -OCH3 is 1. The number of H-pyrrole nitrogens is 1. The number of alkyl halides is 3. The molecule has 1 saturated carbocycles. The maximum absolute atomic E-state index is 14.1. The Balaban J connectivity index is 1.22. The van der Waals surface area contributed by atoms with E-state index in [0.717, 1.165) is 92.2 Å². The van der Waals surface area contributed by atoms with Gasteiger partial charge in [0.2, 0.25) is 0 Å². The van der Waals surface area contributed by atoms with Gasteiger partial charge in [-0.3, -0.25) is 9.89 Å². The second-order valence-electron chi connectivity index (χ2n) is 15.7. The van der Waals surface area contributed by atoms with Crippen molar-refractivity contribution in [2.45, 2.75) is 70.1 Å². The van der Waals surface area contributed by atoms with Crippen molar-refractivity contribution >= 4 is 33.5 Å². The Morgan fingerprint density at radius 1 is 1.04 bits per heavy atom. The van der Waals surface area contributed by atoms with Gasteiger partial charge in [-0.25, -0.2) is 4.39 Å². The van der Waals surface area contributed by atoms with E-state index < -0.39 is 24.5 Å². The second kappa shape index (κ2) is 14.9.